The second-order valence-corrected chi connectivity index (χ2v) is 8.00. The number of nitrogens with zero attached hydrogens (tertiary/aromatic N) is 2. The zero-order valence-corrected chi connectivity index (χ0v) is 15.9. The van der Waals surface area contributed by atoms with Gasteiger partial charge in [-0.1, -0.05) is 31.9 Å². The van der Waals surface area contributed by atoms with Crippen LogP contribution in [0.1, 0.15) is 11.1 Å². The third-order valence-electron chi connectivity index (χ3n) is 4.60. The first-order chi connectivity index (χ1) is 11.7. The van der Waals surface area contributed by atoms with Gasteiger partial charge >= 0.3 is 0 Å². The maximum Gasteiger partial charge on any atom is 0.0929 e. The normalized spacial score (nSPS) is 13.1. The van der Waals surface area contributed by atoms with Gasteiger partial charge in [0, 0.05) is 19.7 Å². The lowest BCUT2D eigenvalue weighted by Crippen LogP contribution is -2.08. The summed E-state index contributed by atoms with van der Waals surface area (Å²) in [6.07, 6.45) is 2.03. The molecule has 4 aromatic rings. The summed E-state index contributed by atoms with van der Waals surface area (Å²) in [4.78, 5) is 9.86. The smallest absolute Gasteiger partial charge is 0.0929 e. The largest absolute Gasteiger partial charge is 0.246 e. The van der Waals surface area contributed by atoms with Gasteiger partial charge in [0.15, 0.2) is 0 Å². The second kappa shape index (κ2) is 5.36. The third kappa shape index (κ3) is 2.28. The van der Waals surface area contributed by atoms with Crippen molar-refractivity contribution in [2.24, 2.45) is 0 Å². The van der Waals surface area contributed by atoms with Crippen molar-refractivity contribution >= 4 is 53.7 Å². The molecule has 0 amide bonds. The van der Waals surface area contributed by atoms with E-state index in [4.69, 9.17) is 9.97 Å². The van der Waals surface area contributed by atoms with Crippen LogP contribution in [0.5, 0.6) is 0 Å². The standard InChI is InChI=1S/C20H12Br2N2/c21-15-3-5-17-13(9-15)7-11-1-2-12-8-14-10-16(22)4-6-18(14)24-20(12)19(11)23-17/h3-10H,1-2H2. The van der Waals surface area contributed by atoms with Crippen LogP contribution in [0.25, 0.3) is 33.2 Å². The number of pyridine rings is 2. The Morgan fingerprint density at radius 3 is 1.54 bits per heavy atom. The lowest BCUT2D eigenvalue weighted by atomic mass is 9.91. The van der Waals surface area contributed by atoms with Crippen LogP contribution in [-0.2, 0) is 12.8 Å². The van der Waals surface area contributed by atoms with Gasteiger partial charge in [-0.3, -0.25) is 0 Å². The van der Waals surface area contributed by atoms with Crippen molar-refractivity contribution in [1.29, 1.82) is 0 Å². The number of hydrogen-bond donors (Lipinski definition) is 0. The Morgan fingerprint density at radius 1 is 0.625 bits per heavy atom. The van der Waals surface area contributed by atoms with Crippen LogP contribution in [0.2, 0.25) is 0 Å². The van der Waals surface area contributed by atoms with E-state index in [0.717, 1.165) is 44.2 Å². The maximum atomic E-state index is 4.93. The van der Waals surface area contributed by atoms with E-state index >= 15 is 0 Å². The minimum Gasteiger partial charge on any atom is -0.246 e. The lowest BCUT2D eigenvalue weighted by Gasteiger charge is -2.19. The molecule has 2 aromatic carbocycles. The van der Waals surface area contributed by atoms with Crippen LogP contribution < -0.4 is 0 Å². The molecule has 0 bridgehead atoms. The molecule has 5 rings (SSSR count). The van der Waals surface area contributed by atoms with Gasteiger partial charge in [-0.25, -0.2) is 9.97 Å². The highest BCUT2D eigenvalue weighted by Gasteiger charge is 2.20. The molecule has 24 heavy (non-hydrogen) atoms. The Balaban J connectivity index is 1.79. The van der Waals surface area contributed by atoms with Crippen molar-refractivity contribution in [1.82, 2.24) is 9.97 Å². The van der Waals surface area contributed by atoms with Crippen molar-refractivity contribution in [3.05, 3.63) is 68.6 Å². The van der Waals surface area contributed by atoms with E-state index in [-0.39, 0.29) is 0 Å². The molecule has 0 radical (unpaired) electrons. The van der Waals surface area contributed by atoms with Crippen LogP contribution >= 0.6 is 31.9 Å². The average molecular weight is 440 g/mol. The monoisotopic (exact) mass is 438 g/mol. The van der Waals surface area contributed by atoms with E-state index < -0.39 is 0 Å². The third-order valence-corrected chi connectivity index (χ3v) is 5.59. The predicted molar refractivity (Wildman–Crippen MR) is 105 cm³/mol. The summed E-state index contributed by atoms with van der Waals surface area (Å²) in [6.45, 7) is 0. The molecule has 1 aliphatic rings. The predicted octanol–water partition coefficient (Wildman–Crippen LogP) is 6.07. The molecular formula is C20H12Br2N2. The number of hydrogen-bond acceptors (Lipinski definition) is 2. The number of benzene rings is 2. The molecule has 2 heterocycles. The summed E-state index contributed by atoms with van der Waals surface area (Å²) in [5.74, 6) is 0. The van der Waals surface area contributed by atoms with Crippen LogP contribution in [0.15, 0.2) is 57.5 Å². The van der Waals surface area contributed by atoms with E-state index in [2.05, 4.69) is 68.3 Å². The van der Waals surface area contributed by atoms with Crippen molar-refractivity contribution in [3.8, 4) is 11.4 Å². The molecule has 116 valence electrons. The molecule has 1 aliphatic carbocycles. The van der Waals surface area contributed by atoms with Crippen molar-refractivity contribution in [2.45, 2.75) is 12.8 Å². The summed E-state index contributed by atoms with van der Waals surface area (Å²) in [6, 6.07) is 17.0. The molecule has 0 fully saturated rings. The molecule has 0 N–H and O–H groups in total. The quantitative estimate of drug-likeness (QED) is 0.332. The zero-order valence-electron chi connectivity index (χ0n) is 12.7. The minimum absolute atomic E-state index is 1.01. The van der Waals surface area contributed by atoms with E-state index in [1.54, 1.807) is 0 Å². The van der Waals surface area contributed by atoms with Gasteiger partial charge in [-0.05, 0) is 72.5 Å². The fraction of sp³-hybridized carbons (Fsp3) is 0.100. The summed E-state index contributed by atoms with van der Waals surface area (Å²) in [5, 5.41) is 2.35. The van der Waals surface area contributed by atoms with Crippen molar-refractivity contribution < 1.29 is 0 Å². The van der Waals surface area contributed by atoms with Crippen LogP contribution in [-0.4, -0.2) is 9.97 Å². The van der Waals surface area contributed by atoms with E-state index in [1.165, 1.54) is 21.9 Å². The maximum absolute atomic E-state index is 4.93. The fourth-order valence-electron chi connectivity index (χ4n) is 3.44. The summed E-state index contributed by atoms with van der Waals surface area (Å²) in [5.41, 5.74) is 6.69. The van der Waals surface area contributed by atoms with Gasteiger partial charge in [0.05, 0.1) is 22.4 Å². The van der Waals surface area contributed by atoms with E-state index in [1.807, 2.05) is 12.1 Å². The molecule has 2 aromatic heterocycles. The molecule has 0 unspecified atom stereocenters. The molecule has 0 aliphatic heterocycles. The zero-order chi connectivity index (χ0) is 16.3. The first-order valence-electron chi connectivity index (χ1n) is 7.86. The molecular weight excluding hydrogens is 428 g/mol. The minimum atomic E-state index is 1.01. The molecule has 0 spiro atoms. The van der Waals surface area contributed by atoms with Gasteiger partial charge in [0.1, 0.15) is 0 Å². The number of aryl methyl sites for hydroxylation is 2. The molecule has 2 nitrogen and oxygen atoms in total. The average Bonchev–Trinajstić information content (AvgIpc) is 2.58. The van der Waals surface area contributed by atoms with Crippen molar-refractivity contribution in [3.63, 3.8) is 0 Å². The highest BCUT2D eigenvalue weighted by molar-refractivity contribution is 9.10. The van der Waals surface area contributed by atoms with Crippen LogP contribution in [0.4, 0.5) is 0 Å². The topological polar surface area (TPSA) is 25.8 Å². The van der Waals surface area contributed by atoms with Gasteiger partial charge in [0.2, 0.25) is 0 Å². The fourth-order valence-corrected chi connectivity index (χ4v) is 4.20. The number of fused-ring (bicyclic) bond motifs is 5. The summed E-state index contributed by atoms with van der Waals surface area (Å²) >= 11 is 7.09. The Labute approximate surface area is 156 Å². The second-order valence-electron chi connectivity index (χ2n) is 6.17. The first-order valence-corrected chi connectivity index (χ1v) is 9.45. The Kier molecular flexibility index (Phi) is 3.25. The molecule has 0 atom stereocenters. The number of rotatable bonds is 0. The number of halogens is 2. The highest BCUT2D eigenvalue weighted by atomic mass is 79.9. The SMILES string of the molecule is Brc1ccc2nc3c(cc2c1)CCc1cc2cc(Br)ccc2nc1-3. The van der Waals surface area contributed by atoms with Gasteiger partial charge in [0.25, 0.3) is 0 Å². The number of aromatic nitrogens is 2. The van der Waals surface area contributed by atoms with Crippen LogP contribution in [0, 0.1) is 0 Å². The van der Waals surface area contributed by atoms with Gasteiger partial charge in [-0.2, -0.15) is 0 Å². The van der Waals surface area contributed by atoms with Crippen molar-refractivity contribution in [2.75, 3.05) is 0 Å². The van der Waals surface area contributed by atoms with Gasteiger partial charge < -0.3 is 0 Å². The highest BCUT2D eigenvalue weighted by Crippen LogP contribution is 2.35. The molecule has 0 saturated carbocycles. The van der Waals surface area contributed by atoms with Gasteiger partial charge in [-0.15, -0.1) is 0 Å². The molecule has 4 heteroatoms. The van der Waals surface area contributed by atoms with E-state index in [9.17, 15) is 0 Å². The summed E-state index contributed by atoms with van der Waals surface area (Å²) < 4.78 is 2.17. The Morgan fingerprint density at radius 2 is 1.08 bits per heavy atom. The molecule has 0 saturated heterocycles. The van der Waals surface area contributed by atoms with E-state index in [0.29, 0.717) is 0 Å². The first kappa shape index (κ1) is 14.6. The Bertz CT molecular complexity index is 1040. The summed E-state index contributed by atoms with van der Waals surface area (Å²) in [7, 11) is 0. The lowest BCUT2D eigenvalue weighted by molar-refractivity contribution is 0.923. The Hall–Kier alpha value is -1.78. The van der Waals surface area contributed by atoms with Crippen LogP contribution in [0.3, 0.4) is 0 Å².